The van der Waals surface area contributed by atoms with E-state index in [0.29, 0.717) is 11.5 Å². The van der Waals surface area contributed by atoms with Crippen LogP contribution in [-0.2, 0) is 0 Å². The lowest BCUT2D eigenvalue weighted by Gasteiger charge is -2.33. The Labute approximate surface area is 122 Å². The monoisotopic (exact) mass is 401 g/mol. The van der Waals surface area contributed by atoms with Gasteiger partial charge in [-0.1, -0.05) is 11.6 Å². The normalized spacial score (nSPS) is 19.8. The number of rotatable bonds is 2. The topological polar surface area (TPSA) is 30.7 Å². The quantitative estimate of drug-likeness (QED) is 0.425. The lowest BCUT2D eigenvalue weighted by Crippen LogP contribution is -2.34. The molecule has 0 saturated heterocycles. The van der Waals surface area contributed by atoms with Gasteiger partial charge in [0.1, 0.15) is 5.15 Å². The standard InChI is InChI=1S/C10H8ClF2IN3P/c11-8-1-7-6(4-15-8)9(16-17(7)18-14)5-2-10(12,13)3-5/h1,4-5,18H,2-3H2. The molecule has 0 bridgehead atoms. The Hall–Kier alpha value is -0.0700. The van der Waals surface area contributed by atoms with Crippen molar-refractivity contribution in [2.24, 2.45) is 0 Å². The van der Waals surface area contributed by atoms with Crippen LogP contribution < -0.4 is 0 Å². The minimum atomic E-state index is -2.53. The molecular weight excluding hydrogens is 393 g/mol. The molecule has 1 aliphatic rings. The van der Waals surface area contributed by atoms with Crippen molar-refractivity contribution in [3.8, 4) is 0 Å². The average molecular weight is 402 g/mol. The summed E-state index contributed by atoms with van der Waals surface area (Å²) in [5.41, 5.74) is 1.59. The van der Waals surface area contributed by atoms with Crippen molar-refractivity contribution >= 4 is 50.9 Å². The van der Waals surface area contributed by atoms with Gasteiger partial charge < -0.3 is 0 Å². The summed E-state index contributed by atoms with van der Waals surface area (Å²) in [5, 5.41) is 5.66. The number of aromatic nitrogens is 3. The van der Waals surface area contributed by atoms with Gasteiger partial charge in [0.2, 0.25) is 5.92 Å². The number of hydrogen-bond acceptors (Lipinski definition) is 2. The number of alkyl halides is 2. The number of nitrogens with zero attached hydrogens (tertiary/aromatic N) is 3. The summed E-state index contributed by atoms with van der Waals surface area (Å²) < 4.78 is 27.7. The van der Waals surface area contributed by atoms with E-state index in [0.717, 1.165) is 16.6 Å². The minimum Gasteiger partial charge on any atom is -0.244 e. The fraction of sp³-hybridized carbons (Fsp3) is 0.400. The highest BCUT2D eigenvalue weighted by Gasteiger charge is 2.47. The highest BCUT2D eigenvalue weighted by molar-refractivity contribution is 14.2. The van der Waals surface area contributed by atoms with Crippen molar-refractivity contribution in [2.45, 2.75) is 24.7 Å². The van der Waals surface area contributed by atoms with E-state index in [9.17, 15) is 8.78 Å². The van der Waals surface area contributed by atoms with E-state index in [1.165, 1.54) is 0 Å². The Morgan fingerprint density at radius 2 is 2.22 bits per heavy atom. The Balaban J connectivity index is 2.08. The molecule has 0 spiro atoms. The summed E-state index contributed by atoms with van der Waals surface area (Å²) in [6, 6.07) is 1.73. The summed E-state index contributed by atoms with van der Waals surface area (Å²) in [6.45, 7) is 0. The van der Waals surface area contributed by atoms with Crippen molar-refractivity contribution in [2.75, 3.05) is 0 Å². The van der Waals surface area contributed by atoms with E-state index in [-0.39, 0.29) is 18.8 Å². The molecule has 0 aliphatic heterocycles. The molecule has 3 rings (SSSR count). The first kappa shape index (κ1) is 12.9. The van der Waals surface area contributed by atoms with E-state index in [1.54, 1.807) is 16.7 Å². The lowest BCUT2D eigenvalue weighted by molar-refractivity contribution is -0.0873. The molecule has 0 radical (unpaired) electrons. The van der Waals surface area contributed by atoms with Gasteiger partial charge in [-0.3, -0.25) is 0 Å². The van der Waals surface area contributed by atoms with E-state index in [4.69, 9.17) is 11.6 Å². The van der Waals surface area contributed by atoms with Crippen molar-refractivity contribution < 1.29 is 8.78 Å². The zero-order valence-corrected chi connectivity index (χ0v) is 12.9. The van der Waals surface area contributed by atoms with Crippen LogP contribution in [0.2, 0.25) is 5.15 Å². The smallest absolute Gasteiger partial charge is 0.244 e. The van der Waals surface area contributed by atoms with Crippen LogP contribution in [0.15, 0.2) is 12.3 Å². The van der Waals surface area contributed by atoms with Gasteiger partial charge in [0.25, 0.3) is 0 Å². The van der Waals surface area contributed by atoms with Gasteiger partial charge >= 0.3 is 0 Å². The van der Waals surface area contributed by atoms with Gasteiger partial charge in [-0.25, -0.2) is 18.2 Å². The molecule has 1 aliphatic carbocycles. The first-order valence-electron chi connectivity index (χ1n) is 5.29. The highest BCUT2D eigenvalue weighted by Crippen LogP contribution is 2.49. The molecule has 2 aromatic heterocycles. The van der Waals surface area contributed by atoms with E-state index in [2.05, 4.69) is 32.1 Å². The van der Waals surface area contributed by atoms with Crippen LogP contribution in [0.1, 0.15) is 24.5 Å². The van der Waals surface area contributed by atoms with E-state index < -0.39 is 5.92 Å². The molecule has 1 fully saturated rings. The second kappa shape index (κ2) is 4.49. The Morgan fingerprint density at radius 3 is 2.83 bits per heavy atom. The molecule has 3 nitrogen and oxygen atoms in total. The Bertz CT molecular complexity index is 610. The van der Waals surface area contributed by atoms with Crippen molar-refractivity contribution in [1.29, 1.82) is 0 Å². The van der Waals surface area contributed by atoms with Gasteiger partial charge in [-0.05, 0) is 22.0 Å². The predicted molar refractivity (Wildman–Crippen MR) is 77.2 cm³/mol. The summed E-state index contributed by atoms with van der Waals surface area (Å²) in [5.74, 6) is -2.70. The Morgan fingerprint density at radius 1 is 1.50 bits per heavy atom. The zero-order valence-electron chi connectivity index (χ0n) is 9.00. The van der Waals surface area contributed by atoms with Crippen LogP contribution in [0.25, 0.3) is 10.9 Å². The number of halogens is 4. The first-order chi connectivity index (χ1) is 8.50. The van der Waals surface area contributed by atoms with Gasteiger partial charge in [0.05, 0.1) is 17.6 Å². The maximum atomic E-state index is 13.0. The zero-order chi connectivity index (χ0) is 12.9. The van der Waals surface area contributed by atoms with Crippen LogP contribution in [0.5, 0.6) is 0 Å². The molecule has 0 amide bonds. The van der Waals surface area contributed by atoms with Crippen LogP contribution in [-0.4, -0.2) is 20.5 Å². The molecule has 2 aromatic rings. The van der Waals surface area contributed by atoms with Gasteiger partial charge in [-0.15, -0.1) is 0 Å². The van der Waals surface area contributed by atoms with Crippen LogP contribution in [0, 0.1) is 0 Å². The minimum absolute atomic E-state index is 0.119. The number of pyridine rings is 1. The molecule has 0 aromatic carbocycles. The number of hydrogen-bond donors (Lipinski definition) is 0. The van der Waals surface area contributed by atoms with E-state index >= 15 is 0 Å². The molecule has 1 unspecified atom stereocenters. The molecule has 1 saturated carbocycles. The SMILES string of the molecule is FC1(F)CC(c2nn(PI)c3cc(Cl)ncc23)C1. The molecule has 0 N–H and O–H groups in total. The van der Waals surface area contributed by atoms with Crippen molar-refractivity contribution in [3.05, 3.63) is 23.1 Å². The second-order valence-electron chi connectivity index (χ2n) is 4.37. The largest absolute Gasteiger partial charge is 0.249 e. The fourth-order valence-electron chi connectivity index (χ4n) is 2.23. The maximum absolute atomic E-state index is 13.0. The third-order valence-corrected chi connectivity index (χ3v) is 5.20. The summed E-state index contributed by atoms with van der Waals surface area (Å²) >= 11 is 8.06. The van der Waals surface area contributed by atoms with Crippen molar-refractivity contribution in [3.63, 3.8) is 0 Å². The highest BCUT2D eigenvalue weighted by atomic mass is 127. The first-order valence-corrected chi connectivity index (χ1v) is 9.73. The van der Waals surface area contributed by atoms with Crippen molar-refractivity contribution in [1.82, 2.24) is 14.5 Å². The summed E-state index contributed by atoms with van der Waals surface area (Å²) in [7, 11) is 0. The van der Waals surface area contributed by atoms with Gasteiger partial charge in [-0.2, -0.15) is 5.10 Å². The third-order valence-electron chi connectivity index (χ3n) is 3.12. The lowest BCUT2D eigenvalue weighted by atomic mass is 9.78. The summed E-state index contributed by atoms with van der Waals surface area (Å²) in [6.07, 6.45) is 1.80. The molecular formula is C10H8ClF2IN3P. The number of fused-ring (bicyclic) bond motifs is 1. The average Bonchev–Trinajstić information content (AvgIpc) is 2.63. The molecule has 1 atom stereocenters. The molecule has 2 heterocycles. The molecule has 8 heteroatoms. The van der Waals surface area contributed by atoms with Gasteiger partial charge in [0.15, 0.2) is 0 Å². The van der Waals surface area contributed by atoms with Crippen LogP contribution in [0.4, 0.5) is 8.78 Å². The van der Waals surface area contributed by atoms with Crippen LogP contribution >= 0.6 is 40.0 Å². The molecule has 18 heavy (non-hydrogen) atoms. The van der Waals surface area contributed by atoms with Crippen LogP contribution in [0.3, 0.4) is 0 Å². The Kier molecular flexibility index (Phi) is 3.23. The second-order valence-corrected chi connectivity index (χ2v) is 6.79. The molecule has 96 valence electrons. The maximum Gasteiger partial charge on any atom is 0.249 e. The summed E-state index contributed by atoms with van der Waals surface area (Å²) in [4.78, 5) is 4.02. The van der Waals surface area contributed by atoms with Gasteiger partial charge in [0, 0.05) is 36.4 Å². The van der Waals surface area contributed by atoms with E-state index in [1.807, 2.05) is 0 Å². The fourth-order valence-corrected chi connectivity index (χ4v) is 3.91. The predicted octanol–water partition coefficient (Wildman–Crippen LogP) is 4.39. The third kappa shape index (κ3) is 2.12.